The van der Waals surface area contributed by atoms with Gasteiger partial charge in [0.25, 0.3) is 23.4 Å². The summed E-state index contributed by atoms with van der Waals surface area (Å²) in [7, 11) is 2.96. The van der Waals surface area contributed by atoms with Crippen LogP contribution in [0.3, 0.4) is 0 Å². The average Bonchev–Trinajstić information content (AvgIpc) is 3.13. The number of fused-ring (bicyclic) bond motifs is 1. The molecule has 3 aromatic rings. The van der Waals surface area contributed by atoms with E-state index in [-0.39, 0.29) is 16.8 Å². The van der Waals surface area contributed by atoms with Crippen LogP contribution in [0, 0.1) is 17.0 Å². The van der Waals surface area contributed by atoms with Crippen molar-refractivity contribution in [2.75, 3.05) is 19.1 Å². The van der Waals surface area contributed by atoms with Gasteiger partial charge in [0.05, 0.1) is 36.3 Å². The van der Waals surface area contributed by atoms with E-state index in [1.807, 2.05) is 6.92 Å². The molecule has 1 saturated heterocycles. The minimum absolute atomic E-state index is 0.00316. The lowest BCUT2D eigenvalue weighted by Gasteiger charge is -2.50. The molecule has 0 N–H and O–H groups in total. The number of anilines is 1. The second-order valence-electron chi connectivity index (χ2n) is 8.61. The summed E-state index contributed by atoms with van der Waals surface area (Å²) >= 11 is 6.34. The Bertz CT molecular complexity index is 1510. The predicted octanol–water partition coefficient (Wildman–Crippen LogP) is 4.33. The molecule has 1 fully saturated rings. The molecule has 2 aliphatic heterocycles. The quantitative estimate of drug-likeness (QED) is 0.205. The summed E-state index contributed by atoms with van der Waals surface area (Å²) in [6.45, 7) is 1.83. The highest BCUT2D eigenvalue weighted by atomic mass is 35.5. The zero-order chi connectivity index (χ0) is 26.6. The number of β-lactam (4-membered cyclic amide) rings is 1. The van der Waals surface area contributed by atoms with Gasteiger partial charge in [0, 0.05) is 28.4 Å². The summed E-state index contributed by atoms with van der Waals surface area (Å²) in [6.07, 6.45) is 0. The van der Waals surface area contributed by atoms with Gasteiger partial charge in [0.2, 0.25) is 0 Å². The van der Waals surface area contributed by atoms with Gasteiger partial charge in [0.15, 0.2) is 0 Å². The maximum absolute atomic E-state index is 13.7. The molecule has 3 aromatic carbocycles. The molecule has 0 radical (unpaired) electrons. The Morgan fingerprint density at radius 3 is 2.24 bits per heavy atom. The van der Waals surface area contributed by atoms with Gasteiger partial charge in [-0.05, 0) is 48.9 Å². The van der Waals surface area contributed by atoms with E-state index in [9.17, 15) is 24.5 Å². The van der Waals surface area contributed by atoms with Crippen LogP contribution >= 0.6 is 11.6 Å². The van der Waals surface area contributed by atoms with E-state index in [0.717, 1.165) is 22.6 Å². The maximum Gasteiger partial charge on any atom is 0.270 e. The van der Waals surface area contributed by atoms with E-state index in [4.69, 9.17) is 21.1 Å². The fraction of sp³-hybridized carbons (Fsp3) is 0.192. The number of carbonyl (C=O) groups excluding carboxylic acids is 3. The summed E-state index contributed by atoms with van der Waals surface area (Å²) in [6, 6.07) is 11.5. The largest absolute Gasteiger partial charge is 0.497 e. The number of benzene rings is 3. The van der Waals surface area contributed by atoms with Gasteiger partial charge < -0.3 is 14.4 Å². The number of imide groups is 1. The van der Waals surface area contributed by atoms with Crippen molar-refractivity contribution in [2.45, 2.75) is 19.0 Å². The van der Waals surface area contributed by atoms with E-state index in [1.54, 1.807) is 36.4 Å². The molecular formula is C26H20ClN3O7. The van der Waals surface area contributed by atoms with Crippen LogP contribution in [-0.4, -0.2) is 47.8 Å². The molecule has 37 heavy (non-hydrogen) atoms. The van der Waals surface area contributed by atoms with Crippen molar-refractivity contribution in [3.8, 4) is 11.5 Å². The summed E-state index contributed by atoms with van der Waals surface area (Å²) in [5.41, 5.74) is 1.33. The van der Waals surface area contributed by atoms with Crippen LogP contribution in [0.5, 0.6) is 11.5 Å². The fourth-order valence-electron chi connectivity index (χ4n) is 4.74. The van der Waals surface area contributed by atoms with Gasteiger partial charge in [-0.1, -0.05) is 17.7 Å². The topological polar surface area (TPSA) is 119 Å². The monoisotopic (exact) mass is 521 g/mol. The summed E-state index contributed by atoms with van der Waals surface area (Å²) in [4.78, 5) is 53.3. The first-order valence-corrected chi connectivity index (χ1v) is 11.5. The normalized spacial score (nSPS) is 18.5. The molecule has 2 heterocycles. The zero-order valence-corrected chi connectivity index (χ0v) is 20.7. The van der Waals surface area contributed by atoms with Gasteiger partial charge in [-0.15, -0.1) is 0 Å². The number of hydrogen-bond donors (Lipinski definition) is 0. The molecule has 10 nitrogen and oxygen atoms in total. The minimum atomic E-state index is -1.23. The van der Waals surface area contributed by atoms with Gasteiger partial charge >= 0.3 is 0 Å². The number of non-ortho nitro benzene ring substituents is 1. The maximum atomic E-state index is 13.7. The average molecular weight is 522 g/mol. The van der Waals surface area contributed by atoms with Crippen molar-refractivity contribution < 1.29 is 28.8 Å². The Balaban J connectivity index is 1.64. The first-order valence-electron chi connectivity index (χ1n) is 11.2. The number of ether oxygens (including phenoxy) is 2. The van der Waals surface area contributed by atoms with Crippen LogP contribution in [-0.2, 0) is 4.79 Å². The number of carbonyl (C=O) groups is 3. The molecule has 11 heteroatoms. The Kier molecular flexibility index (Phi) is 5.83. The minimum Gasteiger partial charge on any atom is -0.497 e. The third-order valence-corrected chi connectivity index (χ3v) is 7.05. The molecule has 5 rings (SSSR count). The van der Waals surface area contributed by atoms with Gasteiger partial charge in [-0.2, -0.15) is 0 Å². The molecule has 188 valence electrons. The first kappa shape index (κ1) is 24.3. The van der Waals surface area contributed by atoms with Crippen molar-refractivity contribution in [1.29, 1.82) is 0 Å². The highest BCUT2D eigenvalue weighted by Gasteiger charge is 2.58. The van der Waals surface area contributed by atoms with Crippen LogP contribution in [0.2, 0.25) is 5.02 Å². The van der Waals surface area contributed by atoms with Crippen molar-refractivity contribution in [2.24, 2.45) is 0 Å². The number of nitro groups is 1. The number of rotatable bonds is 6. The number of nitrogens with zero attached hydrogens (tertiary/aromatic N) is 3. The number of amides is 3. The lowest BCUT2D eigenvalue weighted by atomic mass is 9.85. The Labute approximate surface area is 216 Å². The molecule has 0 bridgehead atoms. The highest BCUT2D eigenvalue weighted by molar-refractivity contribution is 6.32. The molecular weight excluding hydrogens is 502 g/mol. The smallest absolute Gasteiger partial charge is 0.270 e. The SMILES string of the molecule is COc1ccc(OC)c([C@H]2[C@@H](N3C(=O)c4ccc([N+](=O)[O-])cc4C3=O)C(=O)N2c2ccc(C)c(Cl)c2)c1. The number of nitro benzene ring substituents is 1. The lowest BCUT2D eigenvalue weighted by molar-refractivity contribution is -0.384. The highest BCUT2D eigenvalue weighted by Crippen LogP contribution is 2.48. The lowest BCUT2D eigenvalue weighted by Crippen LogP contribution is -2.67. The van der Waals surface area contributed by atoms with Crippen LogP contribution in [0.15, 0.2) is 54.6 Å². The Hall–Kier alpha value is -4.44. The summed E-state index contributed by atoms with van der Waals surface area (Å²) < 4.78 is 10.9. The third kappa shape index (κ3) is 3.68. The molecule has 0 saturated carbocycles. The predicted molar refractivity (Wildman–Crippen MR) is 133 cm³/mol. The number of methoxy groups -OCH3 is 2. The molecule has 2 aliphatic rings. The standard InChI is InChI=1S/C26H20ClN3O7/c1-13-4-5-14(11-20(13)27)28-22(19-12-16(36-2)7-9-21(19)37-3)23(26(28)33)29-24(31)17-8-6-15(30(34)35)10-18(17)25(29)32/h4-12,22-23H,1-3H3/t22-,23+/m0/s1. The molecule has 0 spiro atoms. The van der Waals surface area contributed by atoms with E-state index in [1.165, 1.54) is 25.2 Å². The number of aryl methyl sites for hydroxylation is 1. The molecule has 0 unspecified atom stereocenters. The molecule has 0 aliphatic carbocycles. The van der Waals surface area contributed by atoms with E-state index < -0.39 is 34.7 Å². The third-order valence-electron chi connectivity index (χ3n) is 6.65. The second-order valence-corrected chi connectivity index (χ2v) is 9.01. The Morgan fingerprint density at radius 1 is 0.865 bits per heavy atom. The second kappa shape index (κ2) is 8.90. The van der Waals surface area contributed by atoms with E-state index in [0.29, 0.717) is 27.8 Å². The van der Waals surface area contributed by atoms with Crippen molar-refractivity contribution in [3.63, 3.8) is 0 Å². The van der Waals surface area contributed by atoms with Gasteiger partial charge in [-0.25, -0.2) is 0 Å². The number of hydrogen-bond acceptors (Lipinski definition) is 7. The fourth-order valence-corrected chi connectivity index (χ4v) is 4.91. The van der Waals surface area contributed by atoms with Crippen LogP contribution in [0.4, 0.5) is 11.4 Å². The summed E-state index contributed by atoms with van der Waals surface area (Å²) in [5, 5.41) is 11.7. The van der Waals surface area contributed by atoms with Crippen molar-refractivity contribution in [1.82, 2.24) is 4.90 Å². The van der Waals surface area contributed by atoms with E-state index >= 15 is 0 Å². The van der Waals surface area contributed by atoms with E-state index in [2.05, 4.69) is 0 Å². The molecule has 0 aromatic heterocycles. The summed E-state index contributed by atoms with van der Waals surface area (Å²) in [5.74, 6) is -1.11. The molecule has 2 atom stereocenters. The van der Waals surface area contributed by atoms with Crippen LogP contribution in [0.1, 0.15) is 37.9 Å². The first-order chi connectivity index (χ1) is 17.7. The van der Waals surface area contributed by atoms with Gasteiger partial charge in [0.1, 0.15) is 17.5 Å². The zero-order valence-electron chi connectivity index (χ0n) is 19.9. The number of halogens is 1. The van der Waals surface area contributed by atoms with Crippen LogP contribution in [0.25, 0.3) is 0 Å². The van der Waals surface area contributed by atoms with Crippen molar-refractivity contribution in [3.05, 3.63) is 92.0 Å². The van der Waals surface area contributed by atoms with Gasteiger partial charge in [-0.3, -0.25) is 29.4 Å². The van der Waals surface area contributed by atoms with Crippen molar-refractivity contribution >= 4 is 40.7 Å². The molecule has 3 amide bonds. The van der Waals surface area contributed by atoms with Crippen LogP contribution < -0.4 is 14.4 Å². The Morgan fingerprint density at radius 2 is 1.59 bits per heavy atom.